The number of hydrogen-bond acceptors (Lipinski definition) is 9. The summed E-state index contributed by atoms with van der Waals surface area (Å²) in [7, 11) is 1.64. The molecule has 7 aromatic rings. The van der Waals surface area contributed by atoms with Crippen LogP contribution >= 0.6 is 0 Å². The zero-order chi connectivity index (χ0) is 39.6. The Kier molecular flexibility index (Phi) is 8.85. The molecule has 290 valence electrons. The molecule has 1 amide bonds. The highest BCUT2D eigenvalue weighted by Gasteiger charge is 2.25. The molecule has 2 aliphatic heterocycles. The Hall–Kier alpha value is -6.45. The van der Waals surface area contributed by atoms with E-state index in [9.17, 15) is 19.1 Å². The first-order valence-electron chi connectivity index (χ1n) is 18.8. The molecule has 9 rings (SSSR count). The van der Waals surface area contributed by atoms with Crippen molar-refractivity contribution in [3.63, 3.8) is 0 Å². The first-order chi connectivity index (χ1) is 27.4. The largest absolute Gasteiger partial charge is 0.384 e. The molecular formula is C42H40F2N10O3. The molecule has 0 radical (unpaired) electrons. The fourth-order valence-corrected chi connectivity index (χ4v) is 7.85. The van der Waals surface area contributed by atoms with Crippen LogP contribution in [0.2, 0.25) is 0 Å². The predicted octanol–water partition coefficient (Wildman–Crippen LogP) is 5.52. The second-order valence-electron chi connectivity index (χ2n) is 15.1. The second-order valence-corrected chi connectivity index (χ2v) is 15.1. The van der Waals surface area contributed by atoms with Crippen molar-refractivity contribution in [2.45, 2.75) is 32.4 Å². The zero-order valence-corrected chi connectivity index (χ0v) is 31.6. The third-order valence-electron chi connectivity index (χ3n) is 10.8. The van der Waals surface area contributed by atoms with Crippen molar-refractivity contribution in [3.8, 4) is 17.1 Å². The highest BCUT2D eigenvalue weighted by Crippen LogP contribution is 2.35. The summed E-state index contributed by atoms with van der Waals surface area (Å²) in [5.74, 6) is -0.371. The summed E-state index contributed by atoms with van der Waals surface area (Å²) >= 11 is 0. The van der Waals surface area contributed by atoms with E-state index in [0.29, 0.717) is 81.3 Å². The van der Waals surface area contributed by atoms with Crippen LogP contribution in [0.25, 0.3) is 39.0 Å². The van der Waals surface area contributed by atoms with Gasteiger partial charge in [0, 0.05) is 91.6 Å². The molecule has 0 saturated carbocycles. The van der Waals surface area contributed by atoms with Gasteiger partial charge in [0.15, 0.2) is 11.5 Å². The number of carbonyl (C=O) groups excluding carboxylic acids is 1. The Morgan fingerprint density at radius 1 is 0.947 bits per heavy atom. The summed E-state index contributed by atoms with van der Waals surface area (Å²) < 4.78 is 33.0. The molecule has 15 heteroatoms. The summed E-state index contributed by atoms with van der Waals surface area (Å²) in [4.78, 5) is 47.1. The van der Waals surface area contributed by atoms with E-state index in [4.69, 9.17) is 0 Å². The summed E-state index contributed by atoms with van der Waals surface area (Å²) in [6.45, 7) is 7.23. The molecule has 4 aromatic heterocycles. The molecule has 0 spiro atoms. The Balaban J connectivity index is 0.854. The van der Waals surface area contributed by atoms with Gasteiger partial charge in [-0.1, -0.05) is 18.2 Å². The topological polar surface area (TPSA) is 149 Å². The molecule has 2 aliphatic rings. The van der Waals surface area contributed by atoms with Gasteiger partial charge >= 0.3 is 0 Å². The van der Waals surface area contributed by atoms with Gasteiger partial charge in [-0.25, -0.2) is 28.1 Å². The lowest BCUT2D eigenvalue weighted by Crippen LogP contribution is -2.46. The number of nitrogens with zero attached hydrogens (tertiary/aromatic N) is 7. The summed E-state index contributed by atoms with van der Waals surface area (Å²) in [6, 6.07) is 21.1. The number of carbonyl (C=O) groups is 1. The fourth-order valence-electron chi connectivity index (χ4n) is 7.85. The zero-order valence-electron chi connectivity index (χ0n) is 31.6. The summed E-state index contributed by atoms with van der Waals surface area (Å²) in [6.07, 6.45) is 2.05. The van der Waals surface area contributed by atoms with Gasteiger partial charge in [-0.2, -0.15) is 4.98 Å². The minimum Gasteiger partial charge on any atom is -0.384 e. The molecule has 6 heterocycles. The van der Waals surface area contributed by atoms with Crippen molar-refractivity contribution in [1.82, 2.24) is 39.5 Å². The second kappa shape index (κ2) is 13.9. The number of halogens is 2. The molecule has 0 atom stereocenters. The van der Waals surface area contributed by atoms with Crippen LogP contribution < -0.4 is 21.1 Å². The normalized spacial score (nSPS) is 15.0. The average molecular weight is 771 g/mol. The minimum atomic E-state index is -1.16. The lowest BCUT2D eigenvalue weighted by molar-refractivity contribution is 0.0737. The lowest BCUT2D eigenvalue weighted by atomic mass is 9.99. The Morgan fingerprint density at radius 2 is 1.74 bits per heavy atom. The van der Waals surface area contributed by atoms with Gasteiger partial charge in [0.1, 0.15) is 22.6 Å². The van der Waals surface area contributed by atoms with Crippen molar-refractivity contribution in [2.75, 3.05) is 42.9 Å². The van der Waals surface area contributed by atoms with Crippen molar-refractivity contribution in [3.05, 3.63) is 123 Å². The van der Waals surface area contributed by atoms with Gasteiger partial charge in [0.2, 0.25) is 5.95 Å². The number of aliphatic hydroxyl groups is 1. The number of fused-ring (bicyclic) bond motifs is 1. The fraction of sp³-hybridized carbons (Fsp3) is 0.262. The van der Waals surface area contributed by atoms with Gasteiger partial charge in [-0.3, -0.25) is 14.5 Å². The molecule has 57 heavy (non-hydrogen) atoms. The summed E-state index contributed by atoms with van der Waals surface area (Å²) in [5.41, 5.74) is 4.89. The first-order valence-corrected chi connectivity index (χ1v) is 18.8. The predicted molar refractivity (Wildman–Crippen MR) is 214 cm³/mol. The number of aromatic amines is 1. The van der Waals surface area contributed by atoms with Crippen molar-refractivity contribution in [2.24, 2.45) is 7.05 Å². The maximum atomic E-state index is 15.6. The number of aromatic nitrogens is 6. The number of piperazine rings is 1. The molecule has 4 N–H and O–H groups in total. The van der Waals surface area contributed by atoms with E-state index in [0.717, 1.165) is 43.1 Å². The number of nitrogens with one attached hydrogen (secondary N) is 3. The summed E-state index contributed by atoms with van der Waals surface area (Å²) in [5, 5.41) is 17.6. The monoisotopic (exact) mass is 770 g/mol. The molecule has 0 unspecified atom stereocenters. The van der Waals surface area contributed by atoms with E-state index in [-0.39, 0.29) is 17.3 Å². The smallest absolute Gasteiger partial charge is 0.277 e. The number of hydrogen-bond donors (Lipinski definition) is 4. The first kappa shape index (κ1) is 36.2. The van der Waals surface area contributed by atoms with E-state index in [1.165, 1.54) is 29.1 Å². The van der Waals surface area contributed by atoms with Crippen LogP contribution in [-0.2, 0) is 25.6 Å². The molecule has 0 bridgehead atoms. The SMILES string of the molecule is Cn1c(=O)c2cnc(Nc3ccc(N4CCN(Cc5ccc(-c6[nH]c7cc(F)cc8c7c6CCNC8=O)cc5F)CC4)cc3)nc2n1-c1cccc(C(C)(C)O)n1. The minimum absolute atomic E-state index is 0.267. The lowest BCUT2D eigenvalue weighted by Gasteiger charge is -2.36. The maximum absolute atomic E-state index is 15.6. The van der Waals surface area contributed by atoms with Gasteiger partial charge < -0.3 is 25.6 Å². The van der Waals surface area contributed by atoms with E-state index in [1.807, 2.05) is 36.4 Å². The van der Waals surface area contributed by atoms with Gasteiger partial charge in [0.05, 0.1) is 11.3 Å². The van der Waals surface area contributed by atoms with Crippen LogP contribution in [0.4, 0.5) is 26.1 Å². The third-order valence-corrected chi connectivity index (χ3v) is 10.8. The van der Waals surface area contributed by atoms with Crippen LogP contribution in [0.5, 0.6) is 0 Å². The van der Waals surface area contributed by atoms with E-state index >= 15 is 4.39 Å². The number of anilines is 3. The quantitative estimate of drug-likeness (QED) is 0.157. The standard InChI is InChI=1S/C42H40F2N10O3/c1-42(2,57)34-5-4-6-35(49-34)54-38-31(40(56)51(54)3)22-46-41(50-38)47-27-9-11-28(12-10-27)53-17-15-52(16-18-53)23-25-8-7-24(19-32(25)44)37-29-13-14-45-39(55)30-20-26(43)21-33(48-37)36(29)30/h4-12,19-22,48,57H,13-18,23H2,1-3H3,(H,45,55)(H,46,47,50). The Morgan fingerprint density at radius 3 is 2.49 bits per heavy atom. The third kappa shape index (κ3) is 6.68. The van der Waals surface area contributed by atoms with E-state index < -0.39 is 11.4 Å². The molecular weight excluding hydrogens is 731 g/mol. The van der Waals surface area contributed by atoms with E-state index in [2.05, 4.69) is 40.4 Å². The highest BCUT2D eigenvalue weighted by atomic mass is 19.1. The number of rotatable bonds is 8. The number of H-pyrrole nitrogens is 1. The molecule has 13 nitrogen and oxygen atoms in total. The van der Waals surface area contributed by atoms with E-state index in [1.54, 1.807) is 43.8 Å². The van der Waals surface area contributed by atoms with Crippen LogP contribution in [0.1, 0.15) is 41.0 Å². The Labute approximate surface area is 325 Å². The van der Waals surface area contributed by atoms with Crippen LogP contribution in [-0.4, -0.2) is 77.9 Å². The van der Waals surface area contributed by atoms with Crippen LogP contribution in [0.3, 0.4) is 0 Å². The van der Waals surface area contributed by atoms with Crippen LogP contribution in [0.15, 0.2) is 83.8 Å². The Bertz CT molecular complexity index is 2760. The molecule has 1 saturated heterocycles. The molecule has 3 aromatic carbocycles. The van der Waals surface area contributed by atoms with Crippen molar-refractivity contribution < 1.29 is 18.7 Å². The number of benzene rings is 3. The number of amides is 1. The molecule has 1 fully saturated rings. The maximum Gasteiger partial charge on any atom is 0.277 e. The van der Waals surface area contributed by atoms with Gasteiger partial charge in [-0.15, -0.1) is 0 Å². The van der Waals surface area contributed by atoms with Crippen LogP contribution in [0, 0.1) is 11.6 Å². The average Bonchev–Trinajstić information content (AvgIpc) is 3.61. The van der Waals surface area contributed by atoms with Gasteiger partial charge in [0.25, 0.3) is 11.5 Å². The van der Waals surface area contributed by atoms with Crippen molar-refractivity contribution in [1.29, 1.82) is 0 Å². The highest BCUT2D eigenvalue weighted by molar-refractivity contribution is 6.10. The number of pyridine rings is 1. The van der Waals surface area contributed by atoms with Gasteiger partial charge in [-0.05, 0) is 80.4 Å². The molecule has 0 aliphatic carbocycles. The van der Waals surface area contributed by atoms with Crippen molar-refractivity contribution >= 4 is 45.2 Å².